The van der Waals surface area contributed by atoms with Crippen molar-refractivity contribution in [2.24, 2.45) is 5.92 Å². The van der Waals surface area contributed by atoms with Crippen LogP contribution in [0.2, 0.25) is 0 Å². The molecule has 0 bridgehead atoms. The van der Waals surface area contributed by atoms with Gasteiger partial charge in [-0.1, -0.05) is 13.8 Å². The summed E-state index contributed by atoms with van der Waals surface area (Å²) in [4.78, 5) is 0. The van der Waals surface area contributed by atoms with Crippen LogP contribution >= 0.6 is 0 Å². The van der Waals surface area contributed by atoms with Gasteiger partial charge in [-0.15, -0.1) is 0 Å². The van der Waals surface area contributed by atoms with E-state index in [1.807, 2.05) is 13.8 Å². The summed E-state index contributed by atoms with van der Waals surface area (Å²) in [6.07, 6.45) is 0.902. The van der Waals surface area contributed by atoms with Gasteiger partial charge in [-0.2, -0.15) is 0 Å². The van der Waals surface area contributed by atoms with E-state index < -0.39 is 0 Å². The van der Waals surface area contributed by atoms with Crippen molar-refractivity contribution in [2.45, 2.75) is 40.4 Å². The minimum atomic E-state index is -0.124. The van der Waals surface area contributed by atoms with Crippen molar-refractivity contribution in [2.75, 3.05) is 39.5 Å². The first-order valence-electron chi connectivity index (χ1n) is 6.72. The van der Waals surface area contributed by atoms with Gasteiger partial charge in [0.05, 0.1) is 0 Å². The van der Waals surface area contributed by atoms with E-state index in [-0.39, 0.29) is 6.29 Å². The van der Waals surface area contributed by atoms with Gasteiger partial charge in [-0.05, 0) is 32.7 Å². The molecular weight excluding hydrogens is 218 g/mol. The molecule has 0 amide bonds. The molecule has 0 spiro atoms. The zero-order chi connectivity index (χ0) is 12.9. The van der Waals surface area contributed by atoms with E-state index >= 15 is 0 Å². The van der Waals surface area contributed by atoms with Crippen LogP contribution in [0.15, 0.2) is 0 Å². The summed E-state index contributed by atoms with van der Waals surface area (Å²) in [5, 5.41) is 3.31. The van der Waals surface area contributed by atoms with Gasteiger partial charge in [0.25, 0.3) is 0 Å². The normalized spacial score (nSPS) is 11.6. The van der Waals surface area contributed by atoms with Crippen LogP contribution in [0.4, 0.5) is 0 Å². The van der Waals surface area contributed by atoms with Gasteiger partial charge in [-0.3, -0.25) is 0 Å². The van der Waals surface area contributed by atoms with Crippen molar-refractivity contribution in [1.29, 1.82) is 0 Å². The lowest BCUT2D eigenvalue weighted by Gasteiger charge is -2.17. The Morgan fingerprint density at radius 1 is 1.06 bits per heavy atom. The van der Waals surface area contributed by atoms with Gasteiger partial charge in [-0.25, -0.2) is 0 Å². The molecule has 0 saturated heterocycles. The van der Waals surface area contributed by atoms with Crippen LogP contribution in [-0.4, -0.2) is 45.8 Å². The second-order valence-corrected chi connectivity index (χ2v) is 4.37. The summed E-state index contributed by atoms with van der Waals surface area (Å²) in [5.41, 5.74) is 0. The average Bonchev–Trinajstić information content (AvgIpc) is 2.28. The molecule has 0 atom stereocenters. The summed E-state index contributed by atoms with van der Waals surface area (Å²) in [6, 6.07) is 0. The highest BCUT2D eigenvalue weighted by Gasteiger charge is 2.06. The minimum absolute atomic E-state index is 0.124. The molecule has 0 aliphatic heterocycles. The molecule has 0 unspecified atom stereocenters. The molecule has 0 heterocycles. The zero-order valence-corrected chi connectivity index (χ0v) is 11.8. The molecule has 104 valence electrons. The second kappa shape index (κ2) is 12.3. The number of nitrogens with one attached hydrogen (secondary N) is 1. The maximum atomic E-state index is 5.49. The quantitative estimate of drug-likeness (QED) is 0.423. The lowest BCUT2D eigenvalue weighted by molar-refractivity contribution is -0.132. The molecule has 0 aromatic carbocycles. The summed E-state index contributed by atoms with van der Waals surface area (Å²) in [6.45, 7) is 13.0. The third-order valence-corrected chi connectivity index (χ3v) is 2.11. The summed E-state index contributed by atoms with van der Waals surface area (Å²) in [5.74, 6) is 0.614. The van der Waals surface area contributed by atoms with Gasteiger partial charge in [0.1, 0.15) is 0 Å². The van der Waals surface area contributed by atoms with Crippen molar-refractivity contribution >= 4 is 0 Å². The third-order valence-electron chi connectivity index (χ3n) is 2.11. The highest BCUT2D eigenvalue weighted by atomic mass is 16.7. The van der Waals surface area contributed by atoms with Gasteiger partial charge in [0.15, 0.2) is 6.29 Å². The highest BCUT2D eigenvalue weighted by molar-refractivity contribution is 4.52. The fraction of sp³-hybridized carbons (Fsp3) is 1.00. The Morgan fingerprint density at radius 3 is 2.24 bits per heavy atom. The Kier molecular flexibility index (Phi) is 12.2. The molecule has 1 N–H and O–H groups in total. The van der Waals surface area contributed by atoms with Gasteiger partial charge >= 0.3 is 0 Å². The first-order valence-corrected chi connectivity index (χ1v) is 6.72. The van der Waals surface area contributed by atoms with Crippen LogP contribution in [0.3, 0.4) is 0 Å². The Morgan fingerprint density at radius 2 is 1.71 bits per heavy atom. The van der Waals surface area contributed by atoms with Crippen molar-refractivity contribution < 1.29 is 14.2 Å². The molecule has 17 heavy (non-hydrogen) atoms. The highest BCUT2D eigenvalue weighted by Crippen LogP contribution is 1.94. The number of rotatable bonds is 12. The maximum Gasteiger partial charge on any atom is 0.169 e. The van der Waals surface area contributed by atoms with Crippen LogP contribution in [0.25, 0.3) is 0 Å². The zero-order valence-electron chi connectivity index (χ0n) is 11.8. The molecule has 0 aromatic rings. The lowest BCUT2D eigenvalue weighted by atomic mass is 10.2. The number of hydrogen-bond donors (Lipinski definition) is 1. The molecule has 0 rings (SSSR count). The molecule has 0 saturated carbocycles. The fourth-order valence-electron chi connectivity index (χ4n) is 1.38. The third kappa shape index (κ3) is 12.1. The van der Waals surface area contributed by atoms with Crippen molar-refractivity contribution in [3.8, 4) is 0 Å². The van der Waals surface area contributed by atoms with Crippen LogP contribution in [0, 0.1) is 5.92 Å². The molecular formula is C13H29NO3. The topological polar surface area (TPSA) is 39.7 Å². The van der Waals surface area contributed by atoms with Gasteiger partial charge in [0, 0.05) is 33.0 Å². The maximum absolute atomic E-state index is 5.49. The van der Waals surface area contributed by atoms with E-state index in [1.54, 1.807) is 0 Å². The molecule has 0 fully saturated rings. The van der Waals surface area contributed by atoms with Crippen LogP contribution in [-0.2, 0) is 14.2 Å². The van der Waals surface area contributed by atoms with E-state index in [0.29, 0.717) is 19.1 Å². The molecule has 0 aliphatic carbocycles. The predicted molar refractivity (Wildman–Crippen MR) is 70.2 cm³/mol. The Hall–Kier alpha value is -0.160. The molecule has 4 nitrogen and oxygen atoms in total. The molecule has 0 aromatic heterocycles. The minimum Gasteiger partial charge on any atom is -0.381 e. The van der Waals surface area contributed by atoms with Crippen molar-refractivity contribution in [3.63, 3.8) is 0 Å². The Bertz CT molecular complexity index is 148. The number of ether oxygens (including phenoxy) is 3. The lowest BCUT2D eigenvalue weighted by Crippen LogP contribution is -2.32. The first kappa shape index (κ1) is 16.8. The average molecular weight is 247 g/mol. The monoisotopic (exact) mass is 247 g/mol. The second-order valence-electron chi connectivity index (χ2n) is 4.37. The van der Waals surface area contributed by atoms with Crippen LogP contribution in [0.1, 0.15) is 34.1 Å². The van der Waals surface area contributed by atoms with E-state index in [0.717, 1.165) is 32.7 Å². The van der Waals surface area contributed by atoms with Crippen LogP contribution < -0.4 is 5.32 Å². The van der Waals surface area contributed by atoms with Crippen molar-refractivity contribution in [1.82, 2.24) is 5.32 Å². The Labute approximate surface area is 106 Å². The predicted octanol–water partition coefficient (Wildman–Crippen LogP) is 2.04. The SMILES string of the molecule is CCOC(CNCCCOCC(C)C)OCC. The van der Waals surface area contributed by atoms with E-state index in [2.05, 4.69) is 19.2 Å². The summed E-state index contributed by atoms with van der Waals surface area (Å²) < 4.78 is 16.3. The van der Waals surface area contributed by atoms with Crippen molar-refractivity contribution in [3.05, 3.63) is 0 Å². The molecule has 0 aliphatic rings. The largest absolute Gasteiger partial charge is 0.381 e. The standard InChI is InChI=1S/C13H29NO3/c1-5-16-13(17-6-2)10-14-8-7-9-15-11-12(3)4/h12-14H,5-11H2,1-4H3. The molecule has 0 radical (unpaired) electrons. The first-order chi connectivity index (χ1) is 8.20. The van der Waals surface area contributed by atoms with Gasteiger partial charge < -0.3 is 19.5 Å². The van der Waals surface area contributed by atoms with Gasteiger partial charge in [0.2, 0.25) is 0 Å². The summed E-state index contributed by atoms with van der Waals surface area (Å²) >= 11 is 0. The van der Waals surface area contributed by atoms with E-state index in [1.165, 1.54) is 0 Å². The smallest absolute Gasteiger partial charge is 0.169 e. The van der Waals surface area contributed by atoms with Crippen LogP contribution in [0.5, 0.6) is 0 Å². The number of hydrogen-bond acceptors (Lipinski definition) is 4. The van der Waals surface area contributed by atoms with E-state index in [9.17, 15) is 0 Å². The summed E-state index contributed by atoms with van der Waals surface area (Å²) in [7, 11) is 0. The van der Waals surface area contributed by atoms with E-state index in [4.69, 9.17) is 14.2 Å². The Balaban J connectivity index is 3.29. The fourth-order valence-corrected chi connectivity index (χ4v) is 1.38. The molecule has 4 heteroatoms.